The van der Waals surface area contributed by atoms with Crippen LogP contribution < -0.4 is 25.4 Å². The number of nitrogens with zero attached hydrogens (tertiary/aromatic N) is 2. The van der Waals surface area contributed by atoms with Crippen molar-refractivity contribution in [1.29, 1.82) is 0 Å². The van der Waals surface area contributed by atoms with Crippen LogP contribution in [0.15, 0.2) is 24.3 Å². The number of carbonyl (C=O) groups excluding carboxylic acids is 1. The summed E-state index contributed by atoms with van der Waals surface area (Å²) in [6.07, 6.45) is 0.294. The van der Waals surface area contributed by atoms with Crippen molar-refractivity contribution < 1.29 is 14.3 Å². The molecule has 138 valence electrons. The van der Waals surface area contributed by atoms with Crippen molar-refractivity contribution in [2.45, 2.75) is 20.3 Å². The third kappa shape index (κ3) is 4.75. The van der Waals surface area contributed by atoms with Crippen LogP contribution in [0.5, 0.6) is 11.5 Å². The summed E-state index contributed by atoms with van der Waals surface area (Å²) in [5.41, 5.74) is 1.77. The molecule has 8 nitrogen and oxygen atoms in total. The van der Waals surface area contributed by atoms with E-state index >= 15 is 0 Å². The number of rotatable bonds is 8. The summed E-state index contributed by atoms with van der Waals surface area (Å²) in [4.78, 5) is 20.8. The largest absolute Gasteiger partial charge is 0.454 e. The van der Waals surface area contributed by atoms with Crippen molar-refractivity contribution in [3.8, 4) is 11.5 Å². The number of benzene rings is 1. The second-order valence-corrected chi connectivity index (χ2v) is 5.89. The van der Waals surface area contributed by atoms with Gasteiger partial charge in [0.15, 0.2) is 11.5 Å². The van der Waals surface area contributed by atoms with Crippen LogP contribution in [0.1, 0.15) is 18.2 Å². The predicted octanol–water partition coefficient (Wildman–Crippen LogP) is 1.72. The lowest BCUT2D eigenvalue weighted by Gasteiger charge is -2.10. The molecule has 0 saturated carbocycles. The molecule has 0 fully saturated rings. The van der Waals surface area contributed by atoms with Crippen molar-refractivity contribution in [1.82, 2.24) is 15.3 Å². The van der Waals surface area contributed by atoms with Crippen LogP contribution in [0.25, 0.3) is 0 Å². The molecule has 1 aromatic heterocycles. The molecule has 1 amide bonds. The van der Waals surface area contributed by atoms with Crippen LogP contribution in [0.4, 0.5) is 11.8 Å². The van der Waals surface area contributed by atoms with Crippen molar-refractivity contribution >= 4 is 17.7 Å². The van der Waals surface area contributed by atoms with Crippen LogP contribution >= 0.6 is 0 Å². The van der Waals surface area contributed by atoms with Crippen LogP contribution in [-0.2, 0) is 11.2 Å². The number of anilines is 2. The third-order valence-electron chi connectivity index (χ3n) is 3.74. The zero-order chi connectivity index (χ0) is 18.4. The van der Waals surface area contributed by atoms with E-state index in [0.717, 1.165) is 23.6 Å². The van der Waals surface area contributed by atoms with Gasteiger partial charge in [-0.3, -0.25) is 4.79 Å². The van der Waals surface area contributed by atoms with Crippen molar-refractivity contribution in [2.24, 2.45) is 0 Å². The van der Waals surface area contributed by atoms with E-state index in [-0.39, 0.29) is 12.7 Å². The van der Waals surface area contributed by atoms with Gasteiger partial charge >= 0.3 is 0 Å². The minimum absolute atomic E-state index is 0.0517. The lowest BCUT2D eigenvalue weighted by molar-refractivity contribution is -0.120. The van der Waals surface area contributed by atoms with E-state index in [1.807, 2.05) is 38.1 Å². The fourth-order valence-corrected chi connectivity index (χ4v) is 2.59. The fourth-order valence-electron chi connectivity index (χ4n) is 2.59. The molecule has 1 aliphatic rings. The van der Waals surface area contributed by atoms with Gasteiger partial charge in [-0.2, -0.15) is 4.98 Å². The van der Waals surface area contributed by atoms with Crippen LogP contribution in [-0.4, -0.2) is 42.3 Å². The van der Waals surface area contributed by atoms with Crippen molar-refractivity contribution in [2.75, 3.05) is 37.1 Å². The van der Waals surface area contributed by atoms with Crippen molar-refractivity contribution in [3.05, 3.63) is 35.5 Å². The molecule has 0 saturated heterocycles. The highest BCUT2D eigenvalue weighted by Crippen LogP contribution is 2.32. The first-order valence-electron chi connectivity index (χ1n) is 8.62. The van der Waals surface area contributed by atoms with Crippen molar-refractivity contribution in [3.63, 3.8) is 0 Å². The normalized spacial score (nSPS) is 11.9. The molecule has 3 N–H and O–H groups in total. The number of aromatic nitrogens is 2. The Morgan fingerprint density at radius 1 is 1.12 bits per heavy atom. The maximum Gasteiger partial charge on any atom is 0.231 e. The average Bonchev–Trinajstić information content (AvgIpc) is 3.06. The van der Waals surface area contributed by atoms with Gasteiger partial charge in [0.2, 0.25) is 18.6 Å². The molecule has 2 aromatic rings. The molecule has 0 radical (unpaired) electrons. The first kappa shape index (κ1) is 17.8. The highest BCUT2D eigenvalue weighted by Gasteiger charge is 2.14. The Labute approximate surface area is 152 Å². The number of ether oxygens (including phenoxy) is 2. The van der Waals surface area contributed by atoms with Gasteiger partial charge in [0.25, 0.3) is 0 Å². The first-order valence-corrected chi connectivity index (χ1v) is 8.62. The van der Waals surface area contributed by atoms with Gasteiger partial charge in [-0.15, -0.1) is 0 Å². The molecule has 8 heteroatoms. The lowest BCUT2D eigenvalue weighted by Crippen LogP contribution is -2.30. The maximum absolute atomic E-state index is 12.1. The smallest absolute Gasteiger partial charge is 0.231 e. The second-order valence-electron chi connectivity index (χ2n) is 5.89. The standard InChI is InChI=1S/C18H23N5O3/c1-3-19-16-8-12(2)22-18(23-16)21-7-6-20-17(24)10-13-4-5-14-15(9-13)26-11-25-14/h4-5,8-9H,3,6-7,10-11H2,1-2H3,(H,20,24)(H2,19,21,22,23). The average molecular weight is 357 g/mol. The molecule has 0 atom stereocenters. The summed E-state index contributed by atoms with van der Waals surface area (Å²) in [5.74, 6) is 2.68. The molecule has 2 heterocycles. The summed E-state index contributed by atoms with van der Waals surface area (Å²) in [5, 5.41) is 9.17. The molecule has 1 aliphatic heterocycles. The van der Waals surface area contributed by atoms with E-state index < -0.39 is 0 Å². The van der Waals surface area contributed by atoms with Gasteiger partial charge in [0, 0.05) is 31.4 Å². The molecule has 26 heavy (non-hydrogen) atoms. The van der Waals surface area contributed by atoms with E-state index in [4.69, 9.17) is 9.47 Å². The van der Waals surface area contributed by atoms with Crippen LogP contribution in [0.3, 0.4) is 0 Å². The number of aryl methyl sites for hydroxylation is 1. The Morgan fingerprint density at radius 3 is 2.81 bits per heavy atom. The SMILES string of the molecule is CCNc1cc(C)nc(NCCNC(=O)Cc2ccc3c(c2)OCO3)n1. The van der Waals surface area contributed by atoms with Gasteiger partial charge in [-0.05, 0) is 31.5 Å². The van der Waals surface area contributed by atoms with Gasteiger partial charge in [0.1, 0.15) is 5.82 Å². The van der Waals surface area contributed by atoms with E-state index in [0.29, 0.717) is 37.0 Å². The Morgan fingerprint density at radius 2 is 1.96 bits per heavy atom. The Hall–Kier alpha value is -3.03. The van der Waals surface area contributed by atoms with Gasteiger partial charge in [0.05, 0.1) is 6.42 Å². The van der Waals surface area contributed by atoms with E-state index in [2.05, 4.69) is 25.9 Å². The monoisotopic (exact) mass is 357 g/mol. The highest BCUT2D eigenvalue weighted by atomic mass is 16.7. The molecule has 0 unspecified atom stereocenters. The summed E-state index contributed by atoms with van der Waals surface area (Å²) in [6, 6.07) is 7.42. The highest BCUT2D eigenvalue weighted by molar-refractivity contribution is 5.78. The Bertz CT molecular complexity index is 781. The quantitative estimate of drug-likeness (QED) is 0.619. The number of carbonyl (C=O) groups is 1. The first-order chi connectivity index (χ1) is 12.6. The van der Waals surface area contributed by atoms with Crippen LogP contribution in [0, 0.1) is 6.92 Å². The number of hydrogen-bond acceptors (Lipinski definition) is 7. The Kier molecular flexibility index (Phi) is 5.73. The number of amides is 1. The Balaban J connectivity index is 1.43. The fraction of sp³-hybridized carbons (Fsp3) is 0.389. The van der Waals surface area contributed by atoms with Gasteiger partial charge in [-0.25, -0.2) is 4.98 Å². The molecule has 3 rings (SSSR count). The summed E-state index contributed by atoms with van der Waals surface area (Å²) >= 11 is 0. The zero-order valence-electron chi connectivity index (χ0n) is 15.0. The van der Waals surface area contributed by atoms with E-state index in [9.17, 15) is 4.79 Å². The van der Waals surface area contributed by atoms with E-state index in [1.54, 1.807) is 0 Å². The zero-order valence-corrected chi connectivity index (χ0v) is 15.0. The molecular weight excluding hydrogens is 334 g/mol. The topological polar surface area (TPSA) is 97.4 Å². The molecule has 0 bridgehead atoms. The molecule has 1 aromatic carbocycles. The van der Waals surface area contributed by atoms with Gasteiger partial charge < -0.3 is 25.4 Å². The number of nitrogens with one attached hydrogen (secondary N) is 3. The summed E-state index contributed by atoms with van der Waals surface area (Å²) in [7, 11) is 0. The molecular formula is C18H23N5O3. The summed E-state index contributed by atoms with van der Waals surface area (Å²) in [6.45, 7) is 5.99. The van der Waals surface area contributed by atoms with Crippen LogP contribution in [0.2, 0.25) is 0 Å². The number of fused-ring (bicyclic) bond motifs is 1. The number of hydrogen-bond donors (Lipinski definition) is 3. The minimum atomic E-state index is -0.0517. The second kappa shape index (κ2) is 8.37. The maximum atomic E-state index is 12.1. The molecule has 0 spiro atoms. The lowest BCUT2D eigenvalue weighted by atomic mass is 10.1. The van der Waals surface area contributed by atoms with E-state index in [1.165, 1.54) is 0 Å². The molecule has 0 aliphatic carbocycles. The summed E-state index contributed by atoms with van der Waals surface area (Å²) < 4.78 is 10.6. The van der Waals surface area contributed by atoms with Gasteiger partial charge in [-0.1, -0.05) is 6.07 Å². The minimum Gasteiger partial charge on any atom is -0.454 e. The predicted molar refractivity (Wildman–Crippen MR) is 98.7 cm³/mol. The third-order valence-corrected chi connectivity index (χ3v) is 3.74.